The van der Waals surface area contributed by atoms with Gasteiger partial charge in [-0.3, -0.25) is 9.69 Å². The first-order valence-electron chi connectivity index (χ1n) is 10.2. The Morgan fingerprint density at radius 1 is 1.27 bits per heavy atom. The van der Waals surface area contributed by atoms with Crippen molar-refractivity contribution >= 4 is 5.91 Å². The van der Waals surface area contributed by atoms with Crippen LogP contribution >= 0.6 is 0 Å². The van der Waals surface area contributed by atoms with E-state index in [2.05, 4.69) is 60.6 Å². The minimum Gasteiger partial charge on any atom is -0.354 e. The quantitative estimate of drug-likeness (QED) is 0.823. The Labute approximate surface area is 158 Å². The summed E-state index contributed by atoms with van der Waals surface area (Å²) >= 11 is 0. The normalized spacial score (nSPS) is 20.4. The molecule has 1 aromatic rings. The SMILES string of the molecule is CC(CC(=O)NCC(C)(C)N1CCc2ccccc2C1)C1CCNCC1. The fourth-order valence-electron chi connectivity index (χ4n) is 4.38. The highest BCUT2D eigenvalue weighted by Crippen LogP contribution is 2.26. The molecule has 1 fully saturated rings. The number of piperidine rings is 1. The monoisotopic (exact) mass is 357 g/mol. The molecule has 2 N–H and O–H groups in total. The molecule has 1 atom stereocenters. The number of carbonyl (C=O) groups is 1. The lowest BCUT2D eigenvalue weighted by atomic mass is 9.84. The third-order valence-corrected chi connectivity index (χ3v) is 6.40. The standard InChI is InChI=1S/C22H35N3O/c1-17(18-8-11-23-12-9-18)14-21(26)24-16-22(2,3)25-13-10-19-6-4-5-7-20(19)15-25/h4-7,17-18,23H,8-16H2,1-3H3,(H,24,26). The highest BCUT2D eigenvalue weighted by atomic mass is 16.1. The van der Waals surface area contributed by atoms with Crippen LogP contribution in [-0.2, 0) is 17.8 Å². The molecule has 1 amide bonds. The molecule has 1 unspecified atom stereocenters. The maximum atomic E-state index is 12.5. The number of benzene rings is 1. The van der Waals surface area contributed by atoms with Gasteiger partial charge in [0.15, 0.2) is 0 Å². The molecule has 0 spiro atoms. The number of amides is 1. The van der Waals surface area contributed by atoms with Gasteiger partial charge in [-0.15, -0.1) is 0 Å². The van der Waals surface area contributed by atoms with E-state index in [0.717, 1.165) is 32.6 Å². The maximum Gasteiger partial charge on any atom is 0.220 e. The molecular formula is C22H35N3O. The van der Waals surface area contributed by atoms with Crippen molar-refractivity contribution in [1.29, 1.82) is 0 Å². The number of hydrogen-bond acceptors (Lipinski definition) is 3. The largest absolute Gasteiger partial charge is 0.354 e. The fourth-order valence-corrected chi connectivity index (χ4v) is 4.38. The third-order valence-electron chi connectivity index (χ3n) is 6.40. The van der Waals surface area contributed by atoms with Crippen molar-refractivity contribution < 1.29 is 4.79 Å². The Hall–Kier alpha value is -1.39. The summed E-state index contributed by atoms with van der Waals surface area (Å²) in [6, 6.07) is 8.73. The number of nitrogens with one attached hydrogen (secondary N) is 2. The van der Waals surface area contributed by atoms with Gasteiger partial charge in [0.05, 0.1) is 0 Å². The lowest BCUT2D eigenvalue weighted by Crippen LogP contribution is -2.53. The number of carbonyl (C=O) groups excluding carboxylic acids is 1. The van der Waals surface area contributed by atoms with Gasteiger partial charge >= 0.3 is 0 Å². The summed E-state index contributed by atoms with van der Waals surface area (Å²) in [6.07, 6.45) is 4.16. The van der Waals surface area contributed by atoms with E-state index >= 15 is 0 Å². The van der Waals surface area contributed by atoms with Gasteiger partial charge in [0.1, 0.15) is 0 Å². The molecule has 0 bridgehead atoms. The molecule has 0 aromatic heterocycles. The fraction of sp³-hybridized carbons (Fsp3) is 0.682. The van der Waals surface area contributed by atoms with Crippen molar-refractivity contribution in [2.45, 2.75) is 58.5 Å². The Bertz CT molecular complexity index is 607. The van der Waals surface area contributed by atoms with Crippen LogP contribution in [0.15, 0.2) is 24.3 Å². The summed E-state index contributed by atoms with van der Waals surface area (Å²) < 4.78 is 0. The average Bonchev–Trinajstić information content (AvgIpc) is 2.67. The van der Waals surface area contributed by atoms with Crippen LogP contribution in [0.25, 0.3) is 0 Å². The molecule has 4 nitrogen and oxygen atoms in total. The minimum atomic E-state index is -0.0266. The Balaban J connectivity index is 1.47. The second-order valence-electron chi connectivity index (χ2n) is 8.80. The first-order valence-corrected chi connectivity index (χ1v) is 10.2. The van der Waals surface area contributed by atoms with Gasteiger partial charge in [-0.2, -0.15) is 0 Å². The first kappa shape index (κ1) is 19.4. The summed E-state index contributed by atoms with van der Waals surface area (Å²) in [6.45, 7) is 11.7. The Morgan fingerprint density at radius 3 is 2.69 bits per heavy atom. The second kappa shape index (κ2) is 8.53. The lowest BCUT2D eigenvalue weighted by molar-refractivity contribution is -0.123. The van der Waals surface area contributed by atoms with Crippen LogP contribution in [-0.4, -0.2) is 42.5 Å². The van der Waals surface area contributed by atoms with E-state index in [4.69, 9.17) is 0 Å². The van der Waals surface area contributed by atoms with E-state index in [0.29, 0.717) is 24.8 Å². The van der Waals surface area contributed by atoms with Crippen molar-refractivity contribution in [1.82, 2.24) is 15.5 Å². The molecule has 1 aromatic carbocycles. The van der Waals surface area contributed by atoms with Crippen molar-refractivity contribution in [2.75, 3.05) is 26.2 Å². The summed E-state index contributed by atoms with van der Waals surface area (Å²) in [4.78, 5) is 15.0. The summed E-state index contributed by atoms with van der Waals surface area (Å²) in [7, 11) is 0. The predicted octanol–water partition coefficient (Wildman–Crippen LogP) is 2.97. The zero-order valence-electron chi connectivity index (χ0n) is 16.7. The van der Waals surface area contributed by atoms with E-state index in [1.165, 1.54) is 24.0 Å². The van der Waals surface area contributed by atoms with E-state index in [9.17, 15) is 4.79 Å². The molecule has 0 aliphatic carbocycles. The van der Waals surface area contributed by atoms with Crippen LogP contribution in [0.4, 0.5) is 0 Å². The van der Waals surface area contributed by atoms with E-state index in [1.54, 1.807) is 0 Å². The highest BCUT2D eigenvalue weighted by molar-refractivity contribution is 5.76. The molecule has 0 saturated carbocycles. The Kier molecular flexibility index (Phi) is 6.36. The topological polar surface area (TPSA) is 44.4 Å². The number of hydrogen-bond donors (Lipinski definition) is 2. The minimum absolute atomic E-state index is 0.0266. The Morgan fingerprint density at radius 2 is 1.96 bits per heavy atom. The third kappa shape index (κ3) is 4.86. The van der Waals surface area contributed by atoms with Crippen molar-refractivity contribution in [3.8, 4) is 0 Å². The van der Waals surface area contributed by atoms with Gasteiger partial charge in [-0.05, 0) is 69.2 Å². The maximum absolute atomic E-state index is 12.5. The molecular weight excluding hydrogens is 322 g/mol. The van der Waals surface area contributed by atoms with Crippen LogP contribution in [0.3, 0.4) is 0 Å². The first-order chi connectivity index (χ1) is 12.5. The molecule has 3 rings (SSSR count). The van der Waals surface area contributed by atoms with Crippen molar-refractivity contribution in [2.24, 2.45) is 11.8 Å². The molecule has 2 aliphatic heterocycles. The molecule has 1 saturated heterocycles. The van der Waals surface area contributed by atoms with Crippen LogP contribution in [0.1, 0.15) is 51.2 Å². The molecule has 0 radical (unpaired) electrons. The number of fused-ring (bicyclic) bond motifs is 1. The van der Waals surface area contributed by atoms with E-state index in [-0.39, 0.29) is 11.4 Å². The number of rotatable bonds is 6. The van der Waals surface area contributed by atoms with E-state index < -0.39 is 0 Å². The van der Waals surface area contributed by atoms with Gasteiger partial charge in [0.2, 0.25) is 5.91 Å². The van der Waals surface area contributed by atoms with Crippen LogP contribution in [0.5, 0.6) is 0 Å². The summed E-state index contributed by atoms with van der Waals surface area (Å²) in [5.41, 5.74) is 2.87. The summed E-state index contributed by atoms with van der Waals surface area (Å²) in [5.74, 6) is 1.37. The van der Waals surface area contributed by atoms with E-state index in [1.807, 2.05) is 0 Å². The molecule has 2 heterocycles. The summed E-state index contributed by atoms with van der Waals surface area (Å²) in [5, 5.41) is 6.62. The zero-order chi connectivity index (χ0) is 18.6. The van der Waals surface area contributed by atoms with Gasteiger partial charge < -0.3 is 10.6 Å². The predicted molar refractivity (Wildman–Crippen MR) is 107 cm³/mol. The van der Waals surface area contributed by atoms with Gasteiger partial charge in [0, 0.05) is 31.6 Å². The van der Waals surface area contributed by atoms with Crippen molar-refractivity contribution in [3.63, 3.8) is 0 Å². The smallest absolute Gasteiger partial charge is 0.220 e. The van der Waals surface area contributed by atoms with Gasteiger partial charge in [-0.1, -0.05) is 31.2 Å². The highest BCUT2D eigenvalue weighted by Gasteiger charge is 2.30. The molecule has 2 aliphatic rings. The van der Waals surface area contributed by atoms with Gasteiger partial charge in [0.25, 0.3) is 0 Å². The molecule has 26 heavy (non-hydrogen) atoms. The molecule has 4 heteroatoms. The average molecular weight is 358 g/mol. The van der Waals surface area contributed by atoms with Gasteiger partial charge in [-0.25, -0.2) is 0 Å². The lowest BCUT2D eigenvalue weighted by Gasteiger charge is -2.41. The molecule has 144 valence electrons. The van der Waals surface area contributed by atoms with Crippen LogP contribution in [0, 0.1) is 11.8 Å². The van der Waals surface area contributed by atoms with Crippen LogP contribution < -0.4 is 10.6 Å². The van der Waals surface area contributed by atoms with Crippen molar-refractivity contribution in [3.05, 3.63) is 35.4 Å². The second-order valence-corrected chi connectivity index (χ2v) is 8.80. The van der Waals surface area contributed by atoms with Crippen LogP contribution in [0.2, 0.25) is 0 Å². The number of nitrogens with zero attached hydrogens (tertiary/aromatic N) is 1. The zero-order valence-corrected chi connectivity index (χ0v) is 16.7.